The summed E-state index contributed by atoms with van der Waals surface area (Å²) in [5.74, 6) is 0.140. The smallest absolute Gasteiger partial charge is 0.219 e. The first-order valence-corrected chi connectivity index (χ1v) is 7.23. The molecule has 0 unspecified atom stereocenters. The first-order chi connectivity index (χ1) is 8.74. The molecule has 0 aromatic heterocycles. The van der Waals surface area contributed by atoms with E-state index in [1.165, 1.54) is 12.8 Å². The predicted molar refractivity (Wildman–Crippen MR) is 73.3 cm³/mol. The lowest BCUT2D eigenvalue weighted by Gasteiger charge is -2.10. The number of hydrogen-bond acceptors (Lipinski definition) is 3. The number of carbonyl (C=O) groups excluding carboxylic acids is 1. The van der Waals surface area contributed by atoms with Crippen molar-refractivity contribution < 1.29 is 15.0 Å². The van der Waals surface area contributed by atoms with Crippen molar-refractivity contribution in [1.82, 2.24) is 5.32 Å². The van der Waals surface area contributed by atoms with E-state index in [9.17, 15) is 4.79 Å². The lowest BCUT2D eigenvalue weighted by molar-refractivity contribution is -0.121. The summed E-state index contributed by atoms with van der Waals surface area (Å²) in [7, 11) is 0. The Morgan fingerprint density at radius 1 is 1.06 bits per heavy atom. The molecule has 0 heterocycles. The zero-order valence-corrected chi connectivity index (χ0v) is 11.7. The van der Waals surface area contributed by atoms with E-state index in [1.54, 1.807) is 0 Å². The summed E-state index contributed by atoms with van der Waals surface area (Å²) in [5.41, 5.74) is 0. The second kappa shape index (κ2) is 12.8. The summed E-state index contributed by atoms with van der Waals surface area (Å²) < 4.78 is 0. The van der Waals surface area contributed by atoms with E-state index in [2.05, 4.69) is 12.2 Å². The highest BCUT2D eigenvalue weighted by atomic mass is 16.3. The van der Waals surface area contributed by atoms with Gasteiger partial charge in [0.1, 0.15) is 0 Å². The van der Waals surface area contributed by atoms with Crippen LogP contribution in [0.5, 0.6) is 0 Å². The van der Waals surface area contributed by atoms with Crippen LogP contribution in [0.1, 0.15) is 58.3 Å². The van der Waals surface area contributed by atoms with Crippen LogP contribution in [-0.2, 0) is 4.79 Å². The number of amides is 1. The van der Waals surface area contributed by atoms with Gasteiger partial charge in [0.05, 0.1) is 0 Å². The molecule has 4 heteroatoms. The Morgan fingerprint density at radius 3 is 2.39 bits per heavy atom. The van der Waals surface area contributed by atoms with E-state index in [0.717, 1.165) is 32.1 Å². The van der Waals surface area contributed by atoms with Crippen molar-refractivity contribution in [3.05, 3.63) is 0 Å². The monoisotopic (exact) mass is 259 g/mol. The summed E-state index contributed by atoms with van der Waals surface area (Å²) in [6.07, 6.45) is 7.82. The molecule has 0 aromatic carbocycles. The van der Waals surface area contributed by atoms with Crippen LogP contribution >= 0.6 is 0 Å². The van der Waals surface area contributed by atoms with Gasteiger partial charge in [-0.05, 0) is 19.3 Å². The quantitative estimate of drug-likeness (QED) is 0.468. The molecule has 0 fully saturated rings. The molecule has 3 N–H and O–H groups in total. The van der Waals surface area contributed by atoms with Crippen molar-refractivity contribution in [2.75, 3.05) is 19.8 Å². The third-order valence-corrected chi connectivity index (χ3v) is 3.14. The van der Waals surface area contributed by atoms with Gasteiger partial charge in [-0.3, -0.25) is 4.79 Å². The van der Waals surface area contributed by atoms with Gasteiger partial charge in [-0.25, -0.2) is 0 Å². The summed E-state index contributed by atoms with van der Waals surface area (Å²) in [6.45, 7) is 2.95. The first kappa shape index (κ1) is 17.4. The second-order valence-electron chi connectivity index (χ2n) is 4.89. The highest BCUT2D eigenvalue weighted by Crippen LogP contribution is 2.06. The average Bonchev–Trinajstić information content (AvgIpc) is 2.39. The Morgan fingerprint density at radius 2 is 1.78 bits per heavy atom. The van der Waals surface area contributed by atoms with Gasteiger partial charge >= 0.3 is 0 Å². The normalized spacial score (nSPS) is 10.9. The zero-order valence-electron chi connectivity index (χ0n) is 11.7. The standard InChI is InChI=1S/C14H29NO3/c1-2-3-4-5-9-14(18)15-10-7-6-8-13(11-16)12-17/h13,16-17H,2-12H2,1H3,(H,15,18). The molecule has 0 aromatic rings. The van der Waals surface area contributed by atoms with Crippen molar-refractivity contribution in [3.63, 3.8) is 0 Å². The molecule has 0 saturated heterocycles. The van der Waals surface area contributed by atoms with Crippen LogP contribution in [0.3, 0.4) is 0 Å². The third-order valence-electron chi connectivity index (χ3n) is 3.14. The van der Waals surface area contributed by atoms with Gasteiger partial charge in [0.25, 0.3) is 0 Å². The first-order valence-electron chi connectivity index (χ1n) is 7.23. The van der Waals surface area contributed by atoms with Crippen molar-refractivity contribution in [2.45, 2.75) is 58.3 Å². The molecule has 18 heavy (non-hydrogen) atoms. The van der Waals surface area contributed by atoms with E-state index in [0.29, 0.717) is 13.0 Å². The fraction of sp³-hybridized carbons (Fsp3) is 0.929. The van der Waals surface area contributed by atoms with E-state index in [4.69, 9.17) is 10.2 Å². The molecule has 0 spiro atoms. The fourth-order valence-corrected chi connectivity index (χ4v) is 1.83. The molecule has 1 amide bonds. The van der Waals surface area contributed by atoms with Crippen molar-refractivity contribution in [1.29, 1.82) is 0 Å². The van der Waals surface area contributed by atoms with Crippen LogP contribution in [0.25, 0.3) is 0 Å². The van der Waals surface area contributed by atoms with E-state index >= 15 is 0 Å². The van der Waals surface area contributed by atoms with Gasteiger partial charge in [-0.15, -0.1) is 0 Å². The summed E-state index contributed by atoms with van der Waals surface area (Å²) >= 11 is 0. The number of unbranched alkanes of at least 4 members (excludes halogenated alkanes) is 4. The minimum Gasteiger partial charge on any atom is -0.396 e. The number of aliphatic hydroxyl groups excluding tert-OH is 2. The number of rotatable bonds is 12. The van der Waals surface area contributed by atoms with Crippen LogP contribution < -0.4 is 5.32 Å². The van der Waals surface area contributed by atoms with Gasteiger partial charge in [0.2, 0.25) is 5.91 Å². The second-order valence-corrected chi connectivity index (χ2v) is 4.89. The molecule has 4 nitrogen and oxygen atoms in total. The van der Waals surface area contributed by atoms with Crippen molar-refractivity contribution >= 4 is 5.91 Å². The Bertz CT molecular complexity index is 193. The van der Waals surface area contributed by atoms with Crippen LogP contribution in [-0.4, -0.2) is 35.9 Å². The van der Waals surface area contributed by atoms with Gasteiger partial charge < -0.3 is 15.5 Å². The Balaban J connectivity index is 3.29. The molecular formula is C14H29NO3. The van der Waals surface area contributed by atoms with Gasteiger partial charge in [-0.1, -0.05) is 32.6 Å². The molecule has 0 bridgehead atoms. The largest absolute Gasteiger partial charge is 0.396 e. The SMILES string of the molecule is CCCCCCC(=O)NCCCCC(CO)CO. The number of aliphatic hydroxyl groups is 2. The third kappa shape index (κ3) is 10.5. The van der Waals surface area contributed by atoms with Crippen LogP contribution in [0.4, 0.5) is 0 Å². The van der Waals surface area contributed by atoms with Crippen molar-refractivity contribution in [3.8, 4) is 0 Å². The van der Waals surface area contributed by atoms with Gasteiger partial charge in [-0.2, -0.15) is 0 Å². The molecule has 0 saturated carbocycles. The lowest BCUT2D eigenvalue weighted by Crippen LogP contribution is -2.24. The predicted octanol–water partition coefficient (Wildman–Crippen LogP) is 1.84. The molecule has 0 rings (SSSR count). The van der Waals surface area contributed by atoms with E-state index < -0.39 is 0 Å². The fourth-order valence-electron chi connectivity index (χ4n) is 1.83. The van der Waals surface area contributed by atoms with Crippen LogP contribution in [0.15, 0.2) is 0 Å². The maximum absolute atomic E-state index is 11.4. The molecular weight excluding hydrogens is 230 g/mol. The zero-order chi connectivity index (χ0) is 13.6. The average molecular weight is 259 g/mol. The van der Waals surface area contributed by atoms with E-state index in [1.807, 2.05) is 0 Å². The highest BCUT2D eigenvalue weighted by Gasteiger charge is 2.05. The van der Waals surface area contributed by atoms with Gasteiger partial charge in [0, 0.05) is 32.1 Å². The Hall–Kier alpha value is -0.610. The molecule has 0 aliphatic heterocycles. The minimum atomic E-state index is -0.00487. The molecule has 0 atom stereocenters. The Kier molecular flexibility index (Phi) is 12.4. The van der Waals surface area contributed by atoms with E-state index in [-0.39, 0.29) is 25.0 Å². The summed E-state index contributed by atoms with van der Waals surface area (Å²) in [4.78, 5) is 11.4. The molecule has 0 aliphatic carbocycles. The minimum absolute atomic E-state index is 0.00487. The maximum Gasteiger partial charge on any atom is 0.219 e. The van der Waals surface area contributed by atoms with Gasteiger partial charge in [0.15, 0.2) is 0 Å². The molecule has 108 valence electrons. The number of hydrogen-bond donors (Lipinski definition) is 3. The maximum atomic E-state index is 11.4. The summed E-state index contributed by atoms with van der Waals surface area (Å²) in [5, 5.41) is 20.7. The molecule has 0 aliphatic rings. The van der Waals surface area contributed by atoms with Crippen molar-refractivity contribution in [2.24, 2.45) is 5.92 Å². The highest BCUT2D eigenvalue weighted by molar-refractivity contribution is 5.75. The molecule has 0 radical (unpaired) electrons. The summed E-state index contributed by atoms with van der Waals surface area (Å²) in [6, 6.07) is 0. The van der Waals surface area contributed by atoms with Crippen LogP contribution in [0.2, 0.25) is 0 Å². The van der Waals surface area contributed by atoms with Crippen LogP contribution in [0, 0.1) is 5.92 Å². The Labute approximate surface area is 111 Å². The number of nitrogens with one attached hydrogen (secondary N) is 1. The topological polar surface area (TPSA) is 69.6 Å². The number of carbonyl (C=O) groups is 1. The lowest BCUT2D eigenvalue weighted by atomic mass is 10.0.